The Morgan fingerprint density at radius 3 is 2.87 bits per heavy atom. The minimum absolute atomic E-state index is 0.889. The van der Waals surface area contributed by atoms with Crippen LogP contribution in [0.15, 0.2) is 0 Å². The van der Waals surface area contributed by atoms with Gasteiger partial charge in [-0.3, -0.25) is 0 Å². The zero-order valence-corrected chi connectivity index (χ0v) is 10.2. The minimum atomic E-state index is 0.889. The van der Waals surface area contributed by atoms with E-state index in [1.54, 1.807) is 0 Å². The van der Waals surface area contributed by atoms with Crippen LogP contribution in [0.25, 0.3) is 0 Å². The molecule has 0 unspecified atom stereocenters. The Morgan fingerprint density at radius 2 is 2.13 bits per heavy atom. The molecule has 2 heteroatoms. The molecule has 0 aromatic rings. The van der Waals surface area contributed by atoms with Gasteiger partial charge in [0.1, 0.15) is 0 Å². The van der Waals surface area contributed by atoms with Crippen LogP contribution >= 0.6 is 0 Å². The molecule has 0 aromatic heterocycles. The van der Waals surface area contributed by atoms with E-state index in [0.29, 0.717) is 0 Å². The average Bonchev–Trinajstić information content (AvgIpc) is 2.96. The van der Waals surface area contributed by atoms with Crippen molar-refractivity contribution < 1.29 is 0 Å². The van der Waals surface area contributed by atoms with Crippen LogP contribution in [0.5, 0.6) is 0 Å². The smallest absolute Gasteiger partial charge is 0.00962 e. The largest absolute Gasteiger partial charge is 0.314 e. The van der Waals surface area contributed by atoms with Gasteiger partial charge in [0.2, 0.25) is 0 Å². The summed E-state index contributed by atoms with van der Waals surface area (Å²) in [6.07, 6.45) is 9.83. The minimum Gasteiger partial charge on any atom is -0.314 e. The highest BCUT2D eigenvalue weighted by Gasteiger charge is 2.23. The number of rotatable bonds is 7. The Labute approximate surface area is 94.4 Å². The molecule has 0 aromatic carbocycles. The summed E-state index contributed by atoms with van der Waals surface area (Å²) in [7, 11) is 0. The van der Waals surface area contributed by atoms with Gasteiger partial charge in [-0.15, -0.1) is 0 Å². The summed E-state index contributed by atoms with van der Waals surface area (Å²) in [4.78, 5) is 2.71. The second-order valence-electron chi connectivity index (χ2n) is 5.20. The van der Waals surface area contributed by atoms with Crippen molar-refractivity contribution in [2.45, 2.75) is 64.0 Å². The van der Waals surface area contributed by atoms with E-state index in [1.807, 2.05) is 0 Å². The maximum absolute atomic E-state index is 3.61. The molecular weight excluding hydrogens is 184 g/mol. The van der Waals surface area contributed by atoms with Crippen LogP contribution in [0.3, 0.4) is 0 Å². The molecule has 1 heterocycles. The number of hydrogen-bond acceptors (Lipinski definition) is 2. The predicted octanol–water partition coefficient (Wildman–Crippen LogP) is 2.39. The molecule has 1 aliphatic heterocycles. The highest BCUT2D eigenvalue weighted by molar-refractivity contribution is 4.82. The van der Waals surface area contributed by atoms with Crippen LogP contribution in [0.4, 0.5) is 0 Å². The molecule has 88 valence electrons. The number of hydrogen-bond donors (Lipinski definition) is 1. The van der Waals surface area contributed by atoms with Crippen LogP contribution in [0.1, 0.15) is 51.9 Å². The average molecular weight is 210 g/mol. The summed E-state index contributed by atoms with van der Waals surface area (Å²) in [6, 6.07) is 1.80. The van der Waals surface area contributed by atoms with Gasteiger partial charge in [-0.2, -0.15) is 0 Å². The lowest BCUT2D eigenvalue weighted by Crippen LogP contribution is -2.31. The SMILES string of the molecule is CCCN1CCC[C@@H]1CCCNC1CC1. The van der Waals surface area contributed by atoms with Gasteiger partial charge in [0.25, 0.3) is 0 Å². The van der Waals surface area contributed by atoms with Gasteiger partial charge in [-0.05, 0) is 64.6 Å². The lowest BCUT2D eigenvalue weighted by Gasteiger charge is -2.23. The Morgan fingerprint density at radius 1 is 1.27 bits per heavy atom. The quantitative estimate of drug-likeness (QED) is 0.649. The zero-order valence-electron chi connectivity index (χ0n) is 10.2. The summed E-state index contributed by atoms with van der Waals surface area (Å²) in [5, 5.41) is 3.61. The summed E-state index contributed by atoms with van der Waals surface area (Å²) < 4.78 is 0. The van der Waals surface area contributed by atoms with Crippen LogP contribution in [0, 0.1) is 0 Å². The number of nitrogens with one attached hydrogen (secondary N) is 1. The molecule has 0 spiro atoms. The van der Waals surface area contributed by atoms with Gasteiger partial charge in [0.05, 0.1) is 0 Å². The van der Waals surface area contributed by atoms with Crippen LogP contribution in [-0.4, -0.2) is 36.6 Å². The third kappa shape index (κ3) is 3.76. The third-order valence-electron chi connectivity index (χ3n) is 3.73. The van der Waals surface area contributed by atoms with Gasteiger partial charge >= 0.3 is 0 Å². The lowest BCUT2D eigenvalue weighted by atomic mass is 10.1. The van der Waals surface area contributed by atoms with Gasteiger partial charge in [0.15, 0.2) is 0 Å². The molecule has 2 rings (SSSR count). The molecule has 1 saturated heterocycles. The molecule has 0 amide bonds. The number of nitrogens with zero attached hydrogens (tertiary/aromatic N) is 1. The van der Waals surface area contributed by atoms with E-state index >= 15 is 0 Å². The third-order valence-corrected chi connectivity index (χ3v) is 3.73. The first kappa shape index (κ1) is 11.4. The van der Waals surface area contributed by atoms with Crippen molar-refractivity contribution >= 4 is 0 Å². The maximum atomic E-state index is 3.61. The highest BCUT2D eigenvalue weighted by atomic mass is 15.2. The Balaban J connectivity index is 1.55. The highest BCUT2D eigenvalue weighted by Crippen LogP contribution is 2.22. The van der Waals surface area contributed by atoms with E-state index < -0.39 is 0 Å². The van der Waals surface area contributed by atoms with E-state index in [-0.39, 0.29) is 0 Å². The lowest BCUT2D eigenvalue weighted by molar-refractivity contribution is 0.240. The molecule has 1 atom stereocenters. The first-order chi connectivity index (χ1) is 7.40. The maximum Gasteiger partial charge on any atom is 0.00962 e. The Hall–Kier alpha value is -0.0800. The molecular formula is C13H26N2. The first-order valence-corrected chi connectivity index (χ1v) is 6.87. The van der Waals surface area contributed by atoms with Crippen molar-refractivity contribution in [3.63, 3.8) is 0 Å². The van der Waals surface area contributed by atoms with Crippen molar-refractivity contribution in [1.29, 1.82) is 0 Å². The molecule has 15 heavy (non-hydrogen) atoms. The van der Waals surface area contributed by atoms with Crippen LogP contribution in [-0.2, 0) is 0 Å². The molecule has 1 saturated carbocycles. The van der Waals surface area contributed by atoms with Crippen molar-refractivity contribution in [2.75, 3.05) is 19.6 Å². The molecule has 1 N–H and O–H groups in total. The van der Waals surface area contributed by atoms with E-state index in [2.05, 4.69) is 17.1 Å². The van der Waals surface area contributed by atoms with Crippen molar-refractivity contribution in [1.82, 2.24) is 10.2 Å². The summed E-state index contributed by atoms with van der Waals surface area (Å²) in [5.41, 5.74) is 0. The molecule has 2 fully saturated rings. The Bertz CT molecular complexity index is 177. The van der Waals surface area contributed by atoms with E-state index in [1.165, 1.54) is 64.6 Å². The standard InChI is InChI=1S/C13H26N2/c1-2-10-15-11-4-6-13(15)5-3-9-14-12-7-8-12/h12-14H,2-11H2,1H3/t13-/m0/s1. The summed E-state index contributed by atoms with van der Waals surface area (Å²) in [6.45, 7) is 6.22. The fourth-order valence-corrected chi connectivity index (χ4v) is 2.73. The first-order valence-electron chi connectivity index (χ1n) is 6.87. The summed E-state index contributed by atoms with van der Waals surface area (Å²) in [5.74, 6) is 0. The van der Waals surface area contributed by atoms with Gasteiger partial charge in [-0.1, -0.05) is 6.92 Å². The second-order valence-corrected chi connectivity index (χ2v) is 5.20. The fraction of sp³-hybridized carbons (Fsp3) is 1.00. The summed E-state index contributed by atoms with van der Waals surface area (Å²) >= 11 is 0. The van der Waals surface area contributed by atoms with Gasteiger partial charge in [0, 0.05) is 12.1 Å². The van der Waals surface area contributed by atoms with E-state index in [0.717, 1.165) is 12.1 Å². The molecule has 0 radical (unpaired) electrons. The van der Waals surface area contributed by atoms with Gasteiger partial charge in [-0.25, -0.2) is 0 Å². The zero-order chi connectivity index (χ0) is 10.5. The van der Waals surface area contributed by atoms with Crippen LogP contribution < -0.4 is 5.32 Å². The predicted molar refractivity (Wildman–Crippen MR) is 65.1 cm³/mol. The number of likely N-dealkylation sites (tertiary alicyclic amines) is 1. The molecule has 0 bridgehead atoms. The van der Waals surface area contributed by atoms with Crippen molar-refractivity contribution in [3.8, 4) is 0 Å². The van der Waals surface area contributed by atoms with E-state index in [4.69, 9.17) is 0 Å². The van der Waals surface area contributed by atoms with Gasteiger partial charge < -0.3 is 10.2 Å². The van der Waals surface area contributed by atoms with E-state index in [9.17, 15) is 0 Å². The molecule has 2 nitrogen and oxygen atoms in total. The topological polar surface area (TPSA) is 15.3 Å². The fourth-order valence-electron chi connectivity index (χ4n) is 2.73. The molecule has 2 aliphatic rings. The van der Waals surface area contributed by atoms with Crippen molar-refractivity contribution in [2.24, 2.45) is 0 Å². The normalized spacial score (nSPS) is 27.4. The molecule has 1 aliphatic carbocycles. The van der Waals surface area contributed by atoms with Crippen molar-refractivity contribution in [3.05, 3.63) is 0 Å². The Kier molecular flexibility index (Phi) is 4.45. The monoisotopic (exact) mass is 210 g/mol. The second kappa shape index (κ2) is 5.86. The van der Waals surface area contributed by atoms with Crippen LogP contribution in [0.2, 0.25) is 0 Å².